The van der Waals surface area contributed by atoms with Gasteiger partial charge in [-0.05, 0) is 18.4 Å². The molecule has 1 aromatic carbocycles. The quantitative estimate of drug-likeness (QED) is 0.571. The minimum atomic E-state index is 0.0331. The van der Waals surface area contributed by atoms with Crippen molar-refractivity contribution in [2.24, 2.45) is 0 Å². The minimum absolute atomic E-state index is 0.0331. The van der Waals surface area contributed by atoms with Gasteiger partial charge in [0.2, 0.25) is 0 Å². The molecule has 0 aliphatic carbocycles. The fourth-order valence-electron chi connectivity index (χ4n) is 1.39. The summed E-state index contributed by atoms with van der Waals surface area (Å²) >= 11 is 1.55. The number of nitrogens with one attached hydrogen (secondary N) is 1. The maximum absolute atomic E-state index is 9.10. The van der Waals surface area contributed by atoms with Crippen LogP contribution >= 0.6 is 11.8 Å². The summed E-state index contributed by atoms with van der Waals surface area (Å²) in [5.74, 6) is 0. The first-order valence-corrected chi connectivity index (χ1v) is 6.55. The SMILES string of the molecule is CSc1cccc(NCCOCCO)c1C#N. The zero-order valence-electron chi connectivity index (χ0n) is 9.77. The first-order valence-electron chi connectivity index (χ1n) is 5.33. The van der Waals surface area contributed by atoms with E-state index in [0.717, 1.165) is 10.6 Å². The van der Waals surface area contributed by atoms with E-state index in [4.69, 9.17) is 15.1 Å². The molecule has 0 bridgehead atoms. The average Bonchev–Trinajstić information content (AvgIpc) is 2.38. The molecule has 0 atom stereocenters. The molecule has 0 aliphatic rings. The molecule has 0 unspecified atom stereocenters. The van der Waals surface area contributed by atoms with Crippen LogP contribution in [0.15, 0.2) is 23.1 Å². The van der Waals surface area contributed by atoms with E-state index in [1.165, 1.54) is 0 Å². The lowest BCUT2D eigenvalue weighted by atomic mass is 10.2. The molecule has 0 heterocycles. The van der Waals surface area contributed by atoms with Gasteiger partial charge < -0.3 is 15.2 Å². The normalized spacial score (nSPS) is 9.94. The number of aliphatic hydroxyl groups excluding tert-OH is 1. The maximum Gasteiger partial charge on any atom is 0.102 e. The molecule has 0 aliphatic heterocycles. The number of ether oxygens (including phenoxy) is 1. The summed E-state index contributed by atoms with van der Waals surface area (Å²) in [5, 5.41) is 20.8. The Labute approximate surface area is 106 Å². The molecule has 0 aromatic heterocycles. The summed E-state index contributed by atoms with van der Waals surface area (Å²) in [4.78, 5) is 0.966. The lowest BCUT2D eigenvalue weighted by Gasteiger charge is -2.10. The van der Waals surface area contributed by atoms with Crippen molar-refractivity contribution in [1.29, 1.82) is 5.26 Å². The molecule has 1 aromatic rings. The number of thioether (sulfide) groups is 1. The molecule has 92 valence electrons. The largest absolute Gasteiger partial charge is 0.394 e. The fourth-order valence-corrected chi connectivity index (χ4v) is 1.96. The molecule has 0 amide bonds. The summed E-state index contributed by atoms with van der Waals surface area (Å²) in [6.45, 7) is 1.50. The van der Waals surface area contributed by atoms with Gasteiger partial charge in [0.05, 0.1) is 31.1 Å². The lowest BCUT2D eigenvalue weighted by Crippen LogP contribution is -2.12. The van der Waals surface area contributed by atoms with Crippen LogP contribution < -0.4 is 5.32 Å². The van der Waals surface area contributed by atoms with Crippen LogP contribution in [-0.4, -0.2) is 37.7 Å². The van der Waals surface area contributed by atoms with Gasteiger partial charge in [-0.3, -0.25) is 0 Å². The molecular formula is C12H16N2O2S. The Balaban J connectivity index is 2.56. The Bertz CT molecular complexity index is 391. The van der Waals surface area contributed by atoms with Crippen molar-refractivity contribution < 1.29 is 9.84 Å². The van der Waals surface area contributed by atoms with Crippen molar-refractivity contribution in [3.05, 3.63) is 23.8 Å². The van der Waals surface area contributed by atoms with Gasteiger partial charge in [0.25, 0.3) is 0 Å². The highest BCUT2D eigenvalue weighted by Crippen LogP contribution is 2.25. The van der Waals surface area contributed by atoms with E-state index in [1.807, 2.05) is 24.5 Å². The third-order valence-electron chi connectivity index (χ3n) is 2.16. The van der Waals surface area contributed by atoms with Gasteiger partial charge in [-0.2, -0.15) is 5.26 Å². The van der Waals surface area contributed by atoms with Crippen molar-refractivity contribution in [2.45, 2.75) is 4.90 Å². The van der Waals surface area contributed by atoms with Gasteiger partial charge in [0.15, 0.2) is 0 Å². The number of benzene rings is 1. The summed E-state index contributed by atoms with van der Waals surface area (Å²) in [5.41, 5.74) is 1.49. The second-order valence-electron chi connectivity index (χ2n) is 3.26. The van der Waals surface area contributed by atoms with Gasteiger partial charge in [-0.15, -0.1) is 11.8 Å². The molecule has 2 N–H and O–H groups in total. The van der Waals surface area contributed by atoms with E-state index in [0.29, 0.717) is 25.3 Å². The maximum atomic E-state index is 9.10. The van der Waals surface area contributed by atoms with Crippen LogP contribution in [0.1, 0.15) is 5.56 Å². The smallest absolute Gasteiger partial charge is 0.102 e. The van der Waals surface area contributed by atoms with Crippen LogP contribution in [-0.2, 0) is 4.74 Å². The Kier molecular flexibility index (Phi) is 6.48. The van der Waals surface area contributed by atoms with Crippen LogP contribution in [0.4, 0.5) is 5.69 Å². The predicted octanol–water partition coefficient (Wildman–Crippen LogP) is 1.70. The van der Waals surface area contributed by atoms with Crippen molar-refractivity contribution >= 4 is 17.4 Å². The average molecular weight is 252 g/mol. The van der Waals surface area contributed by atoms with Gasteiger partial charge in [0.1, 0.15) is 6.07 Å². The molecule has 17 heavy (non-hydrogen) atoms. The number of rotatable bonds is 7. The van der Waals surface area contributed by atoms with E-state index in [1.54, 1.807) is 11.8 Å². The monoisotopic (exact) mass is 252 g/mol. The second-order valence-corrected chi connectivity index (χ2v) is 4.11. The first-order chi connectivity index (χ1) is 8.33. The van der Waals surface area contributed by atoms with Crippen molar-refractivity contribution in [2.75, 3.05) is 37.9 Å². The molecule has 0 saturated carbocycles. The lowest BCUT2D eigenvalue weighted by molar-refractivity contribution is 0.0992. The Morgan fingerprint density at radius 1 is 1.47 bits per heavy atom. The molecule has 1 rings (SSSR count). The molecule has 0 spiro atoms. The summed E-state index contributed by atoms with van der Waals surface area (Å²) in [6.07, 6.45) is 1.95. The fraction of sp³-hybridized carbons (Fsp3) is 0.417. The van der Waals surface area contributed by atoms with Crippen LogP contribution in [0, 0.1) is 11.3 Å². The minimum Gasteiger partial charge on any atom is -0.394 e. The number of hydrogen-bond donors (Lipinski definition) is 2. The number of nitrogens with zero attached hydrogens (tertiary/aromatic N) is 1. The van der Waals surface area contributed by atoms with Gasteiger partial charge >= 0.3 is 0 Å². The van der Waals surface area contributed by atoms with Gasteiger partial charge in [-0.25, -0.2) is 0 Å². The standard InChI is InChI=1S/C12H16N2O2S/c1-17-12-4-2-3-11(10(12)9-13)14-5-7-16-8-6-15/h2-4,14-15H,5-8H2,1H3. The molecule has 4 nitrogen and oxygen atoms in total. The number of anilines is 1. The van der Waals surface area contributed by atoms with Crippen LogP contribution in [0.5, 0.6) is 0 Å². The zero-order valence-corrected chi connectivity index (χ0v) is 10.6. The predicted molar refractivity (Wildman–Crippen MR) is 69.3 cm³/mol. The van der Waals surface area contributed by atoms with E-state index < -0.39 is 0 Å². The van der Waals surface area contributed by atoms with Gasteiger partial charge in [0, 0.05) is 11.4 Å². The van der Waals surface area contributed by atoms with E-state index >= 15 is 0 Å². The third kappa shape index (κ3) is 4.27. The highest BCUT2D eigenvalue weighted by molar-refractivity contribution is 7.98. The topological polar surface area (TPSA) is 65.3 Å². The van der Waals surface area contributed by atoms with E-state index in [9.17, 15) is 0 Å². The van der Waals surface area contributed by atoms with Crippen molar-refractivity contribution in [3.8, 4) is 6.07 Å². The van der Waals surface area contributed by atoms with Crippen molar-refractivity contribution in [1.82, 2.24) is 0 Å². The van der Waals surface area contributed by atoms with E-state index in [-0.39, 0.29) is 6.61 Å². The number of nitriles is 1. The van der Waals surface area contributed by atoms with Gasteiger partial charge in [-0.1, -0.05) is 6.07 Å². The van der Waals surface area contributed by atoms with Crippen LogP contribution in [0.3, 0.4) is 0 Å². The molecule has 5 heteroatoms. The highest BCUT2D eigenvalue weighted by Gasteiger charge is 2.06. The zero-order chi connectivity index (χ0) is 12.5. The van der Waals surface area contributed by atoms with Crippen molar-refractivity contribution in [3.63, 3.8) is 0 Å². The van der Waals surface area contributed by atoms with Crippen LogP contribution in [0.25, 0.3) is 0 Å². The Hall–Kier alpha value is -1.22. The summed E-state index contributed by atoms with van der Waals surface area (Å²) < 4.78 is 5.13. The van der Waals surface area contributed by atoms with E-state index in [2.05, 4.69) is 11.4 Å². The molecule has 0 radical (unpaired) electrons. The van der Waals surface area contributed by atoms with Crippen LogP contribution in [0.2, 0.25) is 0 Å². The second kappa shape index (κ2) is 7.96. The number of aliphatic hydroxyl groups is 1. The Morgan fingerprint density at radius 3 is 2.94 bits per heavy atom. The third-order valence-corrected chi connectivity index (χ3v) is 2.94. The highest BCUT2D eigenvalue weighted by atomic mass is 32.2. The number of hydrogen-bond acceptors (Lipinski definition) is 5. The molecule has 0 saturated heterocycles. The molecule has 0 fully saturated rings. The summed E-state index contributed by atoms with van der Waals surface area (Å²) in [6, 6.07) is 7.93. The summed E-state index contributed by atoms with van der Waals surface area (Å²) in [7, 11) is 0. The molecular weight excluding hydrogens is 236 g/mol. The Morgan fingerprint density at radius 2 is 2.29 bits per heavy atom. The first kappa shape index (κ1) is 13.8.